The van der Waals surface area contributed by atoms with Crippen molar-refractivity contribution in [2.75, 3.05) is 13.2 Å². The molecule has 0 spiro atoms. The Labute approximate surface area is 160 Å². The second-order valence-electron chi connectivity index (χ2n) is 6.41. The third-order valence-corrected chi connectivity index (χ3v) is 5.83. The van der Waals surface area contributed by atoms with E-state index in [9.17, 15) is 14.0 Å². The van der Waals surface area contributed by atoms with Crippen molar-refractivity contribution in [3.63, 3.8) is 0 Å². The molecule has 6 nitrogen and oxygen atoms in total. The van der Waals surface area contributed by atoms with Crippen LogP contribution in [0.25, 0.3) is 0 Å². The van der Waals surface area contributed by atoms with Crippen LogP contribution >= 0.6 is 23.5 Å². The van der Waals surface area contributed by atoms with Crippen molar-refractivity contribution in [3.05, 3.63) is 34.1 Å². The van der Waals surface area contributed by atoms with Crippen molar-refractivity contribution in [2.45, 2.75) is 43.4 Å². The molecule has 1 heterocycles. The normalized spacial score (nSPS) is 18.2. The van der Waals surface area contributed by atoms with Crippen LogP contribution in [0.5, 0.6) is 0 Å². The van der Waals surface area contributed by atoms with Gasteiger partial charge in [0.15, 0.2) is 5.82 Å². The summed E-state index contributed by atoms with van der Waals surface area (Å²) in [6.45, 7) is 1.38. The second-order valence-corrected chi connectivity index (χ2v) is 7.92. The highest BCUT2D eigenvalue weighted by Gasteiger charge is 2.23. The molecule has 3 rings (SSSR count). The minimum Gasteiger partial charge on any atom is -0.381 e. The second kappa shape index (κ2) is 9.03. The number of hydrogen-bond acceptors (Lipinski definition) is 5. The molecule has 1 aliphatic heterocycles. The van der Waals surface area contributed by atoms with Gasteiger partial charge in [-0.2, -0.15) is 4.83 Å². The van der Waals surface area contributed by atoms with Crippen molar-refractivity contribution in [1.82, 2.24) is 15.6 Å². The fourth-order valence-electron chi connectivity index (χ4n) is 2.73. The lowest BCUT2D eigenvalue weighted by atomic mass is 9.93. The van der Waals surface area contributed by atoms with Crippen molar-refractivity contribution >= 4 is 35.4 Å². The zero-order valence-electron chi connectivity index (χ0n) is 14.1. The zero-order valence-corrected chi connectivity index (χ0v) is 15.7. The van der Waals surface area contributed by atoms with Crippen molar-refractivity contribution < 1.29 is 18.7 Å². The fraction of sp³-hybridized carbons (Fsp3) is 0.529. The summed E-state index contributed by atoms with van der Waals surface area (Å²) in [6, 6.07) is 2.61. The number of carbonyl (C=O) groups is 2. The fourth-order valence-corrected chi connectivity index (χ4v) is 3.69. The van der Waals surface area contributed by atoms with E-state index in [0.29, 0.717) is 18.5 Å². The number of ether oxygens (including phenoxy) is 1. The van der Waals surface area contributed by atoms with Crippen molar-refractivity contribution in [2.24, 2.45) is 0 Å². The molecule has 0 unspecified atom stereocenters. The Morgan fingerprint density at radius 1 is 1.15 bits per heavy atom. The van der Waals surface area contributed by atoms with E-state index in [1.54, 1.807) is 0 Å². The summed E-state index contributed by atoms with van der Waals surface area (Å²) in [5.41, 5.74) is 2.35. The number of amides is 2. The molecule has 2 fully saturated rings. The third kappa shape index (κ3) is 4.88. The number of halogens is 2. The zero-order chi connectivity index (χ0) is 18.5. The SMILES string of the molecule is O=C(NC1CCC1)c1cc(Cl)c(F)c(C(=O)NNSC2CCOCC2)c1. The van der Waals surface area contributed by atoms with E-state index < -0.39 is 11.7 Å². The Hall–Kier alpha value is -1.35. The molecule has 1 saturated heterocycles. The average Bonchev–Trinajstić information content (AvgIpc) is 2.61. The molecule has 1 saturated carbocycles. The number of carbonyl (C=O) groups excluding carboxylic acids is 2. The lowest BCUT2D eigenvalue weighted by Crippen LogP contribution is -2.39. The summed E-state index contributed by atoms with van der Waals surface area (Å²) in [6.07, 6.45) is 4.71. The predicted molar refractivity (Wildman–Crippen MR) is 98.5 cm³/mol. The van der Waals surface area contributed by atoms with Gasteiger partial charge in [0, 0.05) is 30.1 Å². The first kappa shape index (κ1) is 19.4. The molecule has 26 heavy (non-hydrogen) atoms. The molecule has 9 heteroatoms. The van der Waals surface area contributed by atoms with Crippen LogP contribution < -0.4 is 15.6 Å². The van der Waals surface area contributed by atoms with Gasteiger partial charge in [0.05, 0.1) is 10.6 Å². The summed E-state index contributed by atoms with van der Waals surface area (Å²) in [7, 11) is 0. The lowest BCUT2D eigenvalue weighted by molar-refractivity contribution is 0.0917. The van der Waals surface area contributed by atoms with Crippen LogP contribution in [-0.2, 0) is 4.74 Å². The molecule has 1 aliphatic carbocycles. The van der Waals surface area contributed by atoms with Crippen LogP contribution in [0.2, 0.25) is 5.02 Å². The standard InChI is InChI=1S/C17H21ClFN3O3S/c18-14-9-10(16(23)20-11-2-1-3-11)8-13(15(14)19)17(24)21-22-26-12-4-6-25-7-5-12/h8-9,11-12,22H,1-7H2,(H,20,23)(H,21,24). The monoisotopic (exact) mass is 401 g/mol. The molecule has 0 aromatic heterocycles. The van der Waals surface area contributed by atoms with Crippen molar-refractivity contribution in [1.29, 1.82) is 0 Å². The molecule has 0 radical (unpaired) electrons. The number of hydrazine groups is 1. The summed E-state index contributed by atoms with van der Waals surface area (Å²) in [4.78, 5) is 27.3. The minimum absolute atomic E-state index is 0.140. The quantitative estimate of drug-likeness (QED) is 0.504. The first-order valence-corrected chi connectivity index (χ1v) is 9.89. The number of nitrogens with one attached hydrogen (secondary N) is 3. The molecule has 2 amide bonds. The maximum atomic E-state index is 14.2. The molecule has 1 aromatic carbocycles. The highest BCUT2D eigenvalue weighted by atomic mass is 35.5. The van der Waals surface area contributed by atoms with E-state index in [4.69, 9.17) is 16.3 Å². The van der Waals surface area contributed by atoms with Gasteiger partial charge in [0.25, 0.3) is 11.8 Å². The summed E-state index contributed by atoms with van der Waals surface area (Å²) < 4.78 is 19.5. The van der Waals surface area contributed by atoms with Gasteiger partial charge in [-0.3, -0.25) is 15.0 Å². The van der Waals surface area contributed by atoms with E-state index in [-0.39, 0.29) is 28.1 Å². The minimum atomic E-state index is -0.845. The Bertz CT molecular complexity index is 681. The largest absolute Gasteiger partial charge is 0.381 e. The molecule has 0 bridgehead atoms. The Balaban J connectivity index is 1.61. The Kier molecular flexibility index (Phi) is 6.74. The highest BCUT2D eigenvalue weighted by Crippen LogP contribution is 2.23. The van der Waals surface area contributed by atoms with Crippen molar-refractivity contribution in [3.8, 4) is 0 Å². The smallest absolute Gasteiger partial charge is 0.269 e. The lowest BCUT2D eigenvalue weighted by Gasteiger charge is -2.26. The number of benzene rings is 1. The average molecular weight is 402 g/mol. The molecular formula is C17H21ClFN3O3S. The molecule has 3 N–H and O–H groups in total. The predicted octanol–water partition coefficient (Wildman–Crippen LogP) is 2.82. The molecule has 0 atom stereocenters. The molecule has 1 aromatic rings. The van der Waals surface area contributed by atoms with Gasteiger partial charge in [0.2, 0.25) is 0 Å². The van der Waals surface area contributed by atoms with Gasteiger partial charge in [-0.15, -0.1) is 0 Å². The first-order valence-electron chi connectivity index (χ1n) is 8.63. The topological polar surface area (TPSA) is 79.5 Å². The van der Waals surface area contributed by atoms with E-state index in [1.165, 1.54) is 24.1 Å². The van der Waals surface area contributed by atoms with Crippen LogP contribution in [0, 0.1) is 5.82 Å². The van der Waals surface area contributed by atoms with E-state index >= 15 is 0 Å². The van der Waals surface area contributed by atoms with Crippen LogP contribution in [0.15, 0.2) is 12.1 Å². The molecule has 142 valence electrons. The molecule has 2 aliphatic rings. The summed E-state index contributed by atoms with van der Waals surface area (Å²) in [5.74, 6) is -1.88. The summed E-state index contributed by atoms with van der Waals surface area (Å²) in [5, 5.41) is 2.91. The van der Waals surface area contributed by atoms with Gasteiger partial charge in [-0.05, 0) is 44.2 Å². The van der Waals surface area contributed by atoms with E-state index in [0.717, 1.165) is 32.1 Å². The summed E-state index contributed by atoms with van der Waals surface area (Å²) >= 11 is 7.24. The van der Waals surface area contributed by atoms with Crippen LogP contribution in [0.4, 0.5) is 4.39 Å². The van der Waals surface area contributed by atoms with E-state index in [1.807, 2.05) is 0 Å². The Morgan fingerprint density at radius 3 is 2.54 bits per heavy atom. The highest BCUT2D eigenvalue weighted by molar-refractivity contribution is 7.98. The van der Waals surface area contributed by atoms with Crippen LogP contribution in [0.1, 0.15) is 52.8 Å². The van der Waals surface area contributed by atoms with E-state index in [2.05, 4.69) is 15.6 Å². The van der Waals surface area contributed by atoms with Crippen LogP contribution in [0.3, 0.4) is 0 Å². The van der Waals surface area contributed by atoms with Gasteiger partial charge in [-0.25, -0.2) is 4.39 Å². The van der Waals surface area contributed by atoms with Gasteiger partial charge < -0.3 is 10.1 Å². The first-order chi connectivity index (χ1) is 12.5. The molecular weight excluding hydrogens is 381 g/mol. The number of hydrogen-bond donors (Lipinski definition) is 3. The maximum absolute atomic E-state index is 14.2. The van der Waals surface area contributed by atoms with Gasteiger partial charge in [0.1, 0.15) is 0 Å². The third-order valence-electron chi connectivity index (χ3n) is 4.53. The van der Waals surface area contributed by atoms with Crippen LogP contribution in [-0.4, -0.2) is 36.3 Å². The maximum Gasteiger partial charge on any atom is 0.269 e. The van der Waals surface area contributed by atoms with Gasteiger partial charge >= 0.3 is 0 Å². The van der Waals surface area contributed by atoms with Gasteiger partial charge in [-0.1, -0.05) is 23.5 Å². The Morgan fingerprint density at radius 2 is 1.88 bits per heavy atom. The number of rotatable bonds is 6.